The van der Waals surface area contributed by atoms with Crippen molar-refractivity contribution in [2.75, 3.05) is 46.4 Å². The van der Waals surface area contributed by atoms with Crippen LogP contribution in [0.25, 0.3) is 0 Å². The monoisotopic (exact) mass is 261 g/mol. The van der Waals surface area contributed by atoms with Crippen molar-refractivity contribution in [3.8, 4) is 0 Å². The first-order valence-electron chi connectivity index (χ1n) is 6.09. The quantitative estimate of drug-likeness (QED) is 0.661. The molecule has 0 saturated carbocycles. The Bertz CT molecular complexity index is 224. The van der Waals surface area contributed by atoms with E-state index in [1.807, 2.05) is 25.8 Å². The minimum absolute atomic E-state index is 0.309. The van der Waals surface area contributed by atoms with Gasteiger partial charge in [0.2, 0.25) is 0 Å². The number of amides is 2. The molecule has 0 aromatic carbocycles. The van der Waals surface area contributed by atoms with E-state index in [1.165, 1.54) is 0 Å². The van der Waals surface area contributed by atoms with Gasteiger partial charge in [0.05, 0.1) is 0 Å². The summed E-state index contributed by atoms with van der Waals surface area (Å²) >= 11 is 0. The Hall–Kier alpha value is -1.50. The van der Waals surface area contributed by atoms with E-state index in [-0.39, 0.29) is 0 Å². The highest BCUT2D eigenvalue weighted by Crippen LogP contribution is 1.86. The van der Waals surface area contributed by atoms with Gasteiger partial charge in [0.25, 0.3) is 0 Å². The molecule has 106 valence electrons. The first kappa shape index (κ1) is 16.5. The highest BCUT2D eigenvalue weighted by atomic mass is 16.6. The molecule has 0 bridgehead atoms. The molecule has 0 aliphatic heterocycles. The number of likely N-dealkylation sites (N-methyl/N-ethyl adjacent to an activating group) is 1. The van der Waals surface area contributed by atoms with E-state index in [2.05, 4.69) is 10.6 Å². The molecule has 0 unspecified atom stereocenters. The van der Waals surface area contributed by atoms with Crippen molar-refractivity contribution in [2.24, 2.45) is 0 Å². The van der Waals surface area contributed by atoms with Gasteiger partial charge in [0, 0.05) is 26.2 Å². The summed E-state index contributed by atoms with van der Waals surface area (Å²) in [5.41, 5.74) is 0. The van der Waals surface area contributed by atoms with Crippen molar-refractivity contribution in [2.45, 2.75) is 13.8 Å². The van der Waals surface area contributed by atoms with Crippen molar-refractivity contribution in [1.29, 1.82) is 0 Å². The largest absolute Gasteiger partial charge is 0.448 e. The van der Waals surface area contributed by atoms with Crippen molar-refractivity contribution in [3.05, 3.63) is 0 Å². The normalized spacial score (nSPS) is 10.0. The molecule has 0 aromatic rings. The van der Waals surface area contributed by atoms with E-state index in [4.69, 9.17) is 9.47 Å². The van der Waals surface area contributed by atoms with Gasteiger partial charge in [-0.25, -0.2) is 9.59 Å². The maximum Gasteiger partial charge on any atom is 0.407 e. The van der Waals surface area contributed by atoms with Gasteiger partial charge >= 0.3 is 12.2 Å². The van der Waals surface area contributed by atoms with Crippen molar-refractivity contribution >= 4 is 12.2 Å². The third kappa shape index (κ3) is 9.71. The lowest BCUT2D eigenvalue weighted by molar-refractivity contribution is 0.116. The van der Waals surface area contributed by atoms with E-state index in [0.717, 1.165) is 0 Å². The molecule has 2 N–H and O–H groups in total. The zero-order valence-corrected chi connectivity index (χ0v) is 11.3. The SMILES string of the molecule is CCNC(=O)OCCN(C)CCOC(=O)NCC. The van der Waals surface area contributed by atoms with E-state index >= 15 is 0 Å². The van der Waals surface area contributed by atoms with Crippen molar-refractivity contribution in [3.63, 3.8) is 0 Å². The van der Waals surface area contributed by atoms with Crippen LogP contribution in [0.2, 0.25) is 0 Å². The first-order valence-corrected chi connectivity index (χ1v) is 6.09. The van der Waals surface area contributed by atoms with Crippen LogP contribution in [-0.2, 0) is 9.47 Å². The first-order chi connectivity index (χ1) is 8.60. The van der Waals surface area contributed by atoms with Crippen LogP contribution < -0.4 is 10.6 Å². The summed E-state index contributed by atoms with van der Waals surface area (Å²) in [6.45, 7) is 6.56. The molecule has 18 heavy (non-hydrogen) atoms. The molecule has 0 spiro atoms. The van der Waals surface area contributed by atoms with Crippen LogP contribution in [0.5, 0.6) is 0 Å². The standard InChI is InChI=1S/C11H23N3O4/c1-4-12-10(15)17-8-6-14(3)7-9-18-11(16)13-5-2/h4-9H2,1-3H3,(H,12,15)(H,13,16). The average Bonchev–Trinajstić information content (AvgIpc) is 2.29. The number of carbonyl (C=O) groups is 2. The van der Waals surface area contributed by atoms with E-state index < -0.39 is 12.2 Å². The molecule has 0 aliphatic carbocycles. The van der Waals surface area contributed by atoms with Crippen LogP contribution >= 0.6 is 0 Å². The lowest BCUT2D eigenvalue weighted by Gasteiger charge is -2.16. The lowest BCUT2D eigenvalue weighted by Crippen LogP contribution is -2.32. The Morgan fingerprint density at radius 1 is 0.944 bits per heavy atom. The second-order valence-electron chi connectivity index (χ2n) is 3.64. The zero-order valence-electron chi connectivity index (χ0n) is 11.3. The van der Waals surface area contributed by atoms with Gasteiger partial charge in [-0.3, -0.25) is 4.90 Å². The van der Waals surface area contributed by atoms with Crippen molar-refractivity contribution < 1.29 is 19.1 Å². The topological polar surface area (TPSA) is 79.9 Å². The predicted molar refractivity (Wildman–Crippen MR) is 67.5 cm³/mol. The van der Waals surface area contributed by atoms with Gasteiger partial charge in [-0.2, -0.15) is 0 Å². The molecule has 2 amide bonds. The molecule has 7 heteroatoms. The maximum atomic E-state index is 11.0. The number of ether oxygens (including phenoxy) is 2. The fraction of sp³-hybridized carbons (Fsp3) is 0.818. The Balaban J connectivity index is 3.45. The Labute approximate surface area is 108 Å². The predicted octanol–water partition coefficient (Wildman–Crippen LogP) is 0.410. The van der Waals surface area contributed by atoms with Gasteiger partial charge in [0.1, 0.15) is 13.2 Å². The van der Waals surface area contributed by atoms with Gasteiger partial charge in [-0.05, 0) is 20.9 Å². The minimum atomic E-state index is -0.413. The highest BCUT2D eigenvalue weighted by Gasteiger charge is 2.04. The number of nitrogens with one attached hydrogen (secondary N) is 2. The molecular formula is C11H23N3O4. The molecule has 0 saturated heterocycles. The van der Waals surface area contributed by atoms with Crippen LogP contribution in [0, 0.1) is 0 Å². The summed E-state index contributed by atoms with van der Waals surface area (Å²) in [5.74, 6) is 0. The fourth-order valence-electron chi connectivity index (χ4n) is 1.09. The summed E-state index contributed by atoms with van der Waals surface area (Å²) in [7, 11) is 1.86. The summed E-state index contributed by atoms with van der Waals surface area (Å²) in [4.78, 5) is 23.9. The molecule has 0 fully saturated rings. The Morgan fingerprint density at radius 2 is 1.33 bits per heavy atom. The molecule has 0 heterocycles. The van der Waals surface area contributed by atoms with Crippen LogP contribution in [0.15, 0.2) is 0 Å². The van der Waals surface area contributed by atoms with Gasteiger partial charge < -0.3 is 20.1 Å². The average molecular weight is 261 g/mol. The third-order valence-electron chi connectivity index (χ3n) is 2.05. The smallest absolute Gasteiger partial charge is 0.407 e. The summed E-state index contributed by atoms with van der Waals surface area (Å²) in [6.07, 6.45) is -0.825. The van der Waals surface area contributed by atoms with Gasteiger partial charge in [-0.1, -0.05) is 0 Å². The molecule has 0 aliphatic rings. The number of hydrogen-bond donors (Lipinski definition) is 2. The number of nitrogens with zero attached hydrogens (tertiary/aromatic N) is 1. The fourth-order valence-corrected chi connectivity index (χ4v) is 1.09. The lowest BCUT2D eigenvalue weighted by atomic mass is 10.5. The number of hydrogen-bond acceptors (Lipinski definition) is 5. The highest BCUT2D eigenvalue weighted by molar-refractivity contribution is 5.67. The maximum absolute atomic E-state index is 11.0. The van der Waals surface area contributed by atoms with Crippen molar-refractivity contribution in [1.82, 2.24) is 15.5 Å². The van der Waals surface area contributed by atoms with Crippen LogP contribution in [0.1, 0.15) is 13.8 Å². The summed E-state index contributed by atoms with van der Waals surface area (Å²) in [5, 5.41) is 5.07. The molecule has 0 rings (SSSR count). The molecule has 0 radical (unpaired) electrons. The van der Waals surface area contributed by atoms with E-state index in [0.29, 0.717) is 39.4 Å². The number of alkyl carbamates (subject to hydrolysis) is 2. The van der Waals surface area contributed by atoms with E-state index in [9.17, 15) is 9.59 Å². The van der Waals surface area contributed by atoms with Crippen LogP contribution in [-0.4, -0.2) is 63.5 Å². The number of carbonyl (C=O) groups excluding carboxylic acids is 2. The summed E-state index contributed by atoms with van der Waals surface area (Å²) in [6, 6.07) is 0. The molecule has 0 atom stereocenters. The second-order valence-corrected chi connectivity index (χ2v) is 3.64. The molecular weight excluding hydrogens is 238 g/mol. The van der Waals surface area contributed by atoms with Crippen LogP contribution in [0.3, 0.4) is 0 Å². The molecule has 0 aromatic heterocycles. The van der Waals surface area contributed by atoms with Crippen LogP contribution in [0.4, 0.5) is 9.59 Å². The minimum Gasteiger partial charge on any atom is -0.448 e. The van der Waals surface area contributed by atoms with E-state index in [1.54, 1.807) is 0 Å². The summed E-state index contributed by atoms with van der Waals surface area (Å²) < 4.78 is 9.81. The third-order valence-corrected chi connectivity index (χ3v) is 2.05. The number of rotatable bonds is 8. The Kier molecular flexibility index (Phi) is 9.75. The second kappa shape index (κ2) is 10.6. The van der Waals surface area contributed by atoms with Gasteiger partial charge in [-0.15, -0.1) is 0 Å². The molecule has 7 nitrogen and oxygen atoms in total. The zero-order chi connectivity index (χ0) is 13.8. The Morgan fingerprint density at radius 3 is 1.67 bits per heavy atom. The van der Waals surface area contributed by atoms with Gasteiger partial charge in [0.15, 0.2) is 0 Å².